The number of carbonyl (C=O) groups excluding carboxylic acids is 1. The van der Waals surface area contributed by atoms with Crippen molar-refractivity contribution in [1.82, 2.24) is 15.0 Å². The van der Waals surface area contributed by atoms with Gasteiger partial charge in [0.2, 0.25) is 0 Å². The first kappa shape index (κ1) is 13.4. The largest absolute Gasteiger partial charge is 0.361 e. The second kappa shape index (κ2) is 5.49. The molecule has 112 valence electrons. The van der Waals surface area contributed by atoms with Gasteiger partial charge in [-0.2, -0.15) is 10.1 Å². The van der Waals surface area contributed by atoms with Gasteiger partial charge in [-0.05, 0) is 18.2 Å². The van der Waals surface area contributed by atoms with E-state index in [0.29, 0.717) is 5.84 Å². The Morgan fingerprint density at radius 2 is 2.00 bits per heavy atom. The van der Waals surface area contributed by atoms with Crippen LogP contribution in [0.2, 0.25) is 0 Å². The number of amides is 1. The third kappa shape index (κ3) is 2.40. The Morgan fingerprint density at radius 3 is 2.87 bits per heavy atom. The normalized spacial score (nSPS) is 14.9. The van der Waals surface area contributed by atoms with Crippen LogP contribution in [0.4, 0.5) is 0 Å². The molecule has 0 bridgehead atoms. The molecule has 1 aromatic carbocycles. The summed E-state index contributed by atoms with van der Waals surface area (Å²) in [4.78, 5) is 23.5. The molecule has 2 aromatic heterocycles. The number of nitrogens with zero attached hydrogens (tertiary/aromatic N) is 4. The van der Waals surface area contributed by atoms with Gasteiger partial charge in [0.25, 0.3) is 5.91 Å². The Morgan fingerprint density at radius 1 is 1.17 bits per heavy atom. The molecular formula is C17H13N5O. The maximum atomic E-state index is 12.1. The first-order valence-corrected chi connectivity index (χ1v) is 7.21. The zero-order valence-corrected chi connectivity index (χ0v) is 12.2. The highest BCUT2D eigenvalue weighted by molar-refractivity contribution is 6.12. The molecule has 3 aromatic rings. The zero-order valence-electron chi connectivity index (χ0n) is 12.2. The Kier molecular flexibility index (Phi) is 3.20. The molecular weight excluding hydrogens is 290 g/mol. The minimum absolute atomic E-state index is 0.114. The Hall–Kier alpha value is -3.28. The number of benzene rings is 1. The van der Waals surface area contributed by atoms with Crippen molar-refractivity contribution in [2.75, 3.05) is 6.54 Å². The third-order valence-electron chi connectivity index (χ3n) is 3.67. The Labute approximate surface area is 132 Å². The van der Waals surface area contributed by atoms with E-state index in [1.807, 2.05) is 42.6 Å². The van der Waals surface area contributed by atoms with E-state index in [9.17, 15) is 4.79 Å². The molecule has 0 atom stereocenters. The number of aliphatic imine (C=N–C) groups is 1. The summed E-state index contributed by atoms with van der Waals surface area (Å²) in [6, 6.07) is 11.6. The van der Waals surface area contributed by atoms with Crippen LogP contribution >= 0.6 is 0 Å². The molecule has 1 aliphatic heterocycles. The fourth-order valence-corrected chi connectivity index (χ4v) is 2.55. The van der Waals surface area contributed by atoms with Gasteiger partial charge >= 0.3 is 0 Å². The highest BCUT2D eigenvalue weighted by atomic mass is 16.2. The molecule has 1 amide bonds. The van der Waals surface area contributed by atoms with Crippen molar-refractivity contribution >= 4 is 28.9 Å². The van der Waals surface area contributed by atoms with Crippen LogP contribution in [0.25, 0.3) is 10.9 Å². The number of para-hydroxylation sites is 1. The van der Waals surface area contributed by atoms with Crippen LogP contribution in [0.5, 0.6) is 0 Å². The first-order valence-electron chi connectivity index (χ1n) is 7.21. The molecule has 6 nitrogen and oxygen atoms in total. The average molecular weight is 303 g/mol. The fraction of sp³-hybridized carbons (Fsp3) is 0.0588. The number of aromatic nitrogens is 2. The van der Waals surface area contributed by atoms with E-state index in [1.165, 1.54) is 5.01 Å². The number of aromatic amines is 1. The number of rotatable bonds is 3. The van der Waals surface area contributed by atoms with Gasteiger partial charge in [0, 0.05) is 40.6 Å². The maximum absolute atomic E-state index is 12.1. The summed E-state index contributed by atoms with van der Waals surface area (Å²) in [6.45, 7) is 0.114. The number of fused-ring (bicyclic) bond motifs is 1. The van der Waals surface area contributed by atoms with Crippen molar-refractivity contribution in [1.29, 1.82) is 0 Å². The molecule has 1 N–H and O–H groups in total. The van der Waals surface area contributed by atoms with Crippen LogP contribution in [0.3, 0.4) is 0 Å². The van der Waals surface area contributed by atoms with E-state index in [1.54, 1.807) is 18.6 Å². The lowest BCUT2D eigenvalue weighted by molar-refractivity contribution is -0.124. The lowest BCUT2D eigenvalue weighted by atomic mass is 10.2. The van der Waals surface area contributed by atoms with Crippen LogP contribution in [-0.2, 0) is 4.79 Å². The summed E-state index contributed by atoms with van der Waals surface area (Å²) < 4.78 is 0. The smallest absolute Gasteiger partial charge is 0.270 e. The molecule has 4 rings (SSSR count). The molecule has 0 fully saturated rings. The molecule has 0 radical (unpaired) electrons. The van der Waals surface area contributed by atoms with Gasteiger partial charge in [0.15, 0.2) is 5.84 Å². The highest BCUT2D eigenvalue weighted by Gasteiger charge is 2.26. The lowest BCUT2D eigenvalue weighted by Crippen LogP contribution is -2.28. The summed E-state index contributed by atoms with van der Waals surface area (Å²) in [5.41, 5.74) is 2.78. The van der Waals surface area contributed by atoms with Crippen molar-refractivity contribution in [3.8, 4) is 0 Å². The van der Waals surface area contributed by atoms with Crippen molar-refractivity contribution in [3.05, 3.63) is 66.1 Å². The summed E-state index contributed by atoms with van der Waals surface area (Å²) in [5.74, 6) is 0.404. The molecule has 0 aliphatic carbocycles. The van der Waals surface area contributed by atoms with Crippen LogP contribution in [0.1, 0.15) is 11.1 Å². The van der Waals surface area contributed by atoms with Crippen molar-refractivity contribution < 1.29 is 4.79 Å². The lowest BCUT2D eigenvalue weighted by Gasteiger charge is -2.11. The summed E-state index contributed by atoms with van der Waals surface area (Å²) in [7, 11) is 0. The van der Waals surface area contributed by atoms with Crippen LogP contribution in [0.15, 0.2) is 65.1 Å². The topological polar surface area (TPSA) is 73.7 Å². The van der Waals surface area contributed by atoms with Crippen molar-refractivity contribution in [2.24, 2.45) is 10.1 Å². The van der Waals surface area contributed by atoms with E-state index in [0.717, 1.165) is 22.0 Å². The summed E-state index contributed by atoms with van der Waals surface area (Å²) in [5, 5.41) is 6.75. The predicted octanol–water partition coefficient (Wildman–Crippen LogP) is 2.19. The van der Waals surface area contributed by atoms with Crippen LogP contribution in [0, 0.1) is 0 Å². The Balaban J connectivity index is 1.67. The second-order valence-corrected chi connectivity index (χ2v) is 5.12. The Bertz CT molecular complexity index is 926. The van der Waals surface area contributed by atoms with Gasteiger partial charge in [-0.3, -0.25) is 14.8 Å². The van der Waals surface area contributed by atoms with E-state index < -0.39 is 0 Å². The number of carbonyl (C=O) groups is 1. The minimum Gasteiger partial charge on any atom is -0.361 e. The highest BCUT2D eigenvalue weighted by Crippen LogP contribution is 2.17. The van der Waals surface area contributed by atoms with Crippen molar-refractivity contribution in [3.63, 3.8) is 0 Å². The molecule has 0 saturated heterocycles. The van der Waals surface area contributed by atoms with Gasteiger partial charge in [-0.1, -0.05) is 18.2 Å². The molecule has 0 saturated carbocycles. The number of nitrogens with one attached hydrogen (secondary N) is 1. The van der Waals surface area contributed by atoms with Gasteiger partial charge in [0.1, 0.15) is 6.54 Å². The molecule has 0 unspecified atom stereocenters. The third-order valence-corrected chi connectivity index (χ3v) is 3.67. The number of pyridine rings is 1. The van der Waals surface area contributed by atoms with E-state index in [4.69, 9.17) is 0 Å². The summed E-state index contributed by atoms with van der Waals surface area (Å²) in [6.07, 6.45) is 6.89. The van der Waals surface area contributed by atoms with Crippen molar-refractivity contribution in [2.45, 2.75) is 0 Å². The SMILES string of the molecule is O=C1CN=C(c2ccncc2)N1/N=C/c1c[nH]c2ccccc12. The van der Waals surface area contributed by atoms with E-state index in [-0.39, 0.29) is 12.5 Å². The summed E-state index contributed by atoms with van der Waals surface area (Å²) >= 11 is 0. The molecule has 23 heavy (non-hydrogen) atoms. The molecule has 3 heterocycles. The molecule has 1 aliphatic rings. The van der Waals surface area contributed by atoms with Crippen LogP contribution in [-0.4, -0.2) is 39.5 Å². The fourth-order valence-electron chi connectivity index (χ4n) is 2.55. The van der Waals surface area contributed by atoms with Gasteiger partial charge < -0.3 is 4.98 Å². The quantitative estimate of drug-likeness (QED) is 0.753. The number of H-pyrrole nitrogens is 1. The molecule has 6 heteroatoms. The zero-order chi connectivity index (χ0) is 15.6. The standard InChI is InChI=1S/C17H13N5O/c23-16-11-20-17(12-5-7-18-8-6-12)22(16)21-10-13-9-19-15-4-2-1-3-14(13)15/h1-10,19H,11H2/b21-10+. The van der Waals surface area contributed by atoms with E-state index in [2.05, 4.69) is 20.1 Å². The monoisotopic (exact) mass is 303 g/mol. The van der Waals surface area contributed by atoms with Gasteiger partial charge in [-0.25, -0.2) is 0 Å². The minimum atomic E-state index is -0.145. The number of hydrazone groups is 1. The average Bonchev–Trinajstić information content (AvgIpc) is 3.17. The van der Waals surface area contributed by atoms with Gasteiger partial charge in [-0.15, -0.1) is 0 Å². The predicted molar refractivity (Wildman–Crippen MR) is 88.4 cm³/mol. The molecule has 0 spiro atoms. The number of hydrogen-bond donors (Lipinski definition) is 1. The first-order chi connectivity index (χ1) is 11.3. The van der Waals surface area contributed by atoms with Gasteiger partial charge in [0.05, 0.1) is 6.21 Å². The van der Waals surface area contributed by atoms with E-state index >= 15 is 0 Å². The number of amidine groups is 1. The van der Waals surface area contributed by atoms with Crippen LogP contribution < -0.4 is 0 Å². The number of hydrogen-bond acceptors (Lipinski definition) is 4. The second-order valence-electron chi connectivity index (χ2n) is 5.12. The maximum Gasteiger partial charge on any atom is 0.270 e.